The van der Waals surface area contributed by atoms with Crippen LogP contribution in [0.3, 0.4) is 0 Å². The smallest absolute Gasteiger partial charge is 0.122 e. The molecule has 1 unspecified atom stereocenters. The second-order valence-electron chi connectivity index (χ2n) is 5.13. The highest BCUT2D eigenvalue weighted by atomic mass is 16.5. The number of hydrogen-bond donors (Lipinski definition) is 1. The Morgan fingerprint density at radius 1 is 1.24 bits per heavy atom. The summed E-state index contributed by atoms with van der Waals surface area (Å²) in [6, 6.07) is 6.03. The Kier molecular flexibility index (Phi) is 4.40. The van der Waals surface area contributed by atoms with Crippen molar-refractivity contribution in [3.8, 4) is 11.5 Å². The molecule has 1 aromatic carbocycles. The van der Waals surface area contributed by atoms with Gasteiger partial charge in [-0.2, -0.15) is 0 Å². The fourth-order valence-electron chi connectivity index (χ4n) is 2.26. The van der Waals surface area contributed by atoms with Crippen molar-refractivity contribution in [1.29, 1.82) is 0 Å². The van der Waals surface area contributed by atoms with E-state index in [1.165, 1.54) is 0 Å². The third-order valence-corrected chi connectivity index (χ3v) is 2.97. The molecule has 1 rings (SSSR count). The van der Waals surface area contributed by atoms with E-state index >= 15 is 0 Å². The third kappa shape index (κ3) is 3.37. The number of ether oxygens (including phenoxy) is 2. The van der Waals surface area contributed by atoms with Crippen LogP contribution < -0.4 is 15.2 Å². The summed E-state index contributed by atoms with van der Waals surface area (Å²) >= 11 is 0. The minimum atomic E-state index is -0.0337. The minimum Gasteiger partial charge on any atom is -0.497 e. The average Bonchev–Trinajstić information content (AvgIpc) is 2.26. The molecule has 3 heteroatoms. The first-order valence-corrected chi connectivity index (χ1v) is 5.89. The van der Waals surface area contributed by atoms with Crippen LogP contribution in [0.25, 0.3) is 0 Å². The highest BCUT2D eigenvalue weighted by molar-refractivity contribution is 5.44. The van der Waals surface area contributed by atoms with E-state index < -0.39 is 0 Å². The lowest BCUT2D eigenvalue weighted by atomic mass is 9.79. The number of rotatable bonds is 5. The first-order valence-electron chi connectivity index (χ1n) is 5.89. The van der Waals surface area contributed by atoms with Crippen molar-refractivity contribution in [2.45, 2.75) is 38.6 Å². The van der Waals surface area contributed by atoms with Crippen molar-refractivity contribution in [2.75, 3.05) is 14.2 Å². The molecule has 0 saturated heterocycles. The lowest BCUT2D eigenvalue weighted by molar-refractivity contribution is 0.369. The van der Waals surface area contributed by atoms with E-state index in [9.17, 15) is 0 Å². The molecule has 0 radical (unpaired) electrons. The predicted octanol–water partition coefficient (Wildman–Crippen LogP) is 2.72. The fourth-order valence-corrected chi connectivity index (χ4v) is 2.26. The van der Waals surface area contributed by atoms with Crippen molar-refractivity contribution in [1.82, 2.24) is 0 Å². The van der Waals surface area contributed by atoms with Crippen molar-refractivity contribution >= 4 is 0 Å². The quantitative estimate of drug-likeness (QED) is 0.856. The van der Waals surface area contributed by atoms with Gasteiger partial charge in [-0.1, -0.05) is 13.8 Å². The van der Waals surface area contributed by atoms with Crippen LogP contribution in [0.2, 0.25) is 0 Å². The third-order valence-electron chi connectivity index (χ3n) is 2.97. The second-order valence-corrected chi connectivity index (χ2v) is 5.13. The van der Waals surface area contributed by atoms with Crippen LogP contribution in [0.1, 0.15) is 32.8 Å². The van der Waals surface area contributed by atoms with Gasteiger partial charge in [0.05, 0.1) is 14.2 Å². The Morgan fingerprint density at radius 3 is 2.35 bits per heavy atom. The summed E-state index contributed by atoms with van der Waals surface area (Å²) in [6.45, 7) is 6.37. The molecule has 1 atom stereocenters. The first-order chi connectivity index (χ1) is 7.90. The Balaban J connectivity index is 3.16. The van der Waals surface area contributed by atoms with Crippen molar-refractivity contribution in [2.24, 2.45) is 5.73 Å². The maximum atomic E-state index is 5.91. The largest absolute Gasteiger partial charge is 0.497 e. The zero-order valence-electron chi connectivity index (χ0n) is 11.4. The highest BCUT2D eigenvalue weighted by Crippen LogP contribution is 2.37. The van der Waals surface area contributed by atoms with Gasteiger partial charge in [-0.25, -0.2) is 0 Å². The van der Waals surface area contributed by atoms with Crippen molar-refractivity contribution < 1.29 is 9.47 Å². The molecule has 0 bridgehead atoms. The molecule has 2 N–H and O–H groups in total. The molecule has 0 aliphatic rings. The summed E-state index contributed by atoms with van der Waals surface area (Å²) < 4.78 is 10.7. The molecule has 0 aliphatic heterocycles. The molecule has 96 valence electrons. The van der Waals surface area contributed by atoms with E-state index in [1.807, 2.05) is 25.1 Å². The summed E-state index contributed by atoms with van der Waals surface area (Å²) in [7, 11) is 3.36. The van der Waals surface area contributed by atoms with Crippen molar-refractivity contribution in [3.05, 3.63) is 23.8 Å². The molecule has 3 nitrogen and oxygen atoms in total. The SMILES string of the molecule is COc1ccc(OC)c(C(C)(C)CC(C)N)c1. The van der Waals surface area contributed by atoms with Gasteiger partial charge in [-0.05, 0) is 37.0 Å². The lowest BCUT2D eigenvalue weighted by Gasteiger charge is -2.29. The monoisotopic (exact) mass is 237 g/mol. The molecule has 0 heterocycles. The Hall–Kier alpha value is -1.22. The van der Waals surface area contributed by atoms with Gasteiger partial charge in [0, 0.05) is 11.6 Å². The summed E-state index contributed by atoms with van der Waals surface area (Å²) in [5, 5.41) is 0. The van der Waals surface area contributed by atoms with E-state index in [0.29, 0.717) is 0 Å². The normalized spacial score (nSPS) is 13.3. The van der Waals surface area contributed by atoms with Crippen LogP contribution >= 0.6 is 0 Å². The summed E-state index contributed by atoms with van der Waals surface area (Å²) in [5.41, 5.74) is 7.01. The molecule has 0 spiro atoms. The lowest BCUT2D eigenvalue weighted by Crippen LogP contribution is -2.28. The molecule has 0 amide bonds. The molecule has 17 heavy (non-hydrogen) atoms. The highest BCUT2D eigenvalue weighted by Gasteiger charge is 2.26. The maximum Gasteiger partial charge on any atom is 0.122 e. The molecular weight excluding hydrogens is 214 g/mol. The standard InChI is InChI=1S/C14H23NO2/c1-10(15)9-14(2,3)12-8-11(16-4)6-7-13(12)17-5/h6-8,10H,9,15H2,1-5H3. The number of hydrogen-bond acceptors (Lipinski definition) is 3. The van der Waals surface area contributed by atoms with Crippen LogP contribution in [0, 0.1) is 0 Å². The first kappa shape index (κ1) is 13.8. The molecule has 0 aromatic heterocycles. The van der Waals surface area contributed by atoms with E-state index in [1.54, 1.807) is 14.2 Å². The van der Waals surface area contributed by atoms with Gasteiger partial charge in [-0.15, -0.1) is 0 Å². The number of nitrogens with two attached hydrogens (primary N) is 1. The summed E-state index contributed by atoms with van der Waals surface area (Å²) in [4.78, 5) is 0. The molecular formula is C14H23NO2. The Labute approximate surface area is 104 Å². The summed E-state index contributed by atoms with van der Waals surface area (Å²) in [6.07, 6.45) is 0.899. The zero-order valence-corrected chi connectivity index (χ0v) is 11.4. The van der Waals surface area contributed by atoms with E-state index in [-0.39, 0.29) is 11.5 Å². The van der Waals surface area contributed by atoms with Crippen molar-refractivity contribution in [3.63, 3.8) is 0 Å². The van der Waals surface area contributed by atoms with Gasteiger partial charge < -0.3 is 15.2 Å². The number of benzene rings is 1. The van der Waals surface area contributed by atoms with Gasteiger partial charge in [0.2, 0.25) is 0 Å². The van der Waals surface area contributed by atoms with Gasteiger partial charge in [0.25, 0.3) is 0 Å². The summed E-state index contributed by atoms with van der Waals surface area (Å²) in [5.74, 6) is 1.73. The minimum absolute atomic E-state index is 0.0337. The van der Waals surface area contributed by atoms with E-state index in [2.05, 4.69) is 13.8 Å². The average molecular weight is 237 g/mol. The second kappa shape index (κ2) is 5.41. The zero-order chi connectivity index (χ0) is 13.1. The van der Waals surface area contributed by atoms with Gasteiger partial charge in [0.1, 0.15) is 11.5 Å². The van der Waals surface area contributed by atoms with Crippen LogP contribution in [0.5, 0.6) is 11.5 Å². The fraction of sp³-hybridized carbons (Fsp3) is 0.571. The molecule has 0 saturated carbocycles. The maximum absolute atomic E-state index is 5.91. The van der Waals surface area contributed by atoms with Crippen LogP contribution in [0.4, 0.5) is 0 Å². The molecule has 1 aromatic rings. The van der Waals surface area contributed by atoms with Gasteiger partial charge in [0.15, 0.2) is 0 Å². The van der Waals surface area contributed by atoms with Gasteiger partial charge in [-0.3, -0.25) is 0 Å². The Bertz CT molecular complexity index is 372. The Morgan fingerprint density at radius 2 is 1.88 bits per heavy atom. The van der Waals surface area contributed by atoms with E-state index in [4.69, 9.17) is 15.2 Å². The molecule has 0 aliphatic carbocycles. The number of methoxy groups -OCH3 is 2. The van der Waals surface area contributed by atoms with E-state index in [0.717, 1.165) is 23.5 Å². The molecule has 0 fully saturated rings. The van der Waals surface area contributed by atoms with Crippen LogP contribution in [0.15, 0.2) is 18.2 Å². The topological polar surface area (TPSA) is 44.5 Å². The predicted molar refractivity (Wildman–Crippen MR) is 70.8 cm³/mol. The van der Waals surface area contributed by atoms with Crippen LogP contribution in [-0.2, 0) is 5.41 Å². The van der Waals surface area contributed by atoms with Gasteiger partial charge >= 0.3 is 0 Å². The van der Waals surface area contributed by atoms with Crippen LogP contribution in [-0.4, -0.2) is 20.3 Å².